The van der Waals surface area contributed by atoms with Crippen LogP contribution in [-0.4, -0.2) is 50.0 Å². The number of hydrogen-bond acceptors (Lipinski definition) is 4. The summed E-state index contributed by atoms with van der Waals surface area (Å²) >= 11 is 12.5. The van der Waals surface area contributed by atoms with Gasteiger partial charge in [-0.25, -0.2) is 12.8 Å². The maximum atomic E-state index is 14.9. The molecule has 1 atom stereocenters. The van der Waals surface area contributed by atoms with E-state index in [4.69, 9.17) is 23.2 Å². The first kappa shape index (κ1) is 30.8. The first-order chi connectivity index (χ1) is 19.5. The van der Waals surface area contributed by atoms with Crippen LogP contribution in [0.25, 0.3) is 0 Å². The molecule has 0 heterocycles. The lowest BCUT2D eigenvalue weighted by Gasteiger charge is -2.34. The Morgan fingerprint density at radius 2 is 1.63 bits per heavy atom. The predicted octanol–water partition coefficient (Wildman–Crippen LogP) is 5.60. The second-order valence-corrected chi connectivity index (χ2v) is 12.8. The van der Waals surface area contributed by atoms with E-state index >= 15 is 0 Å². The Morgan fingerprint density at radius 3 is 2.29 bits per heavy atom. The van der Waals surface area contributed by atoms with Crippen LogP contribution in [0, 0.1) is 5.82 Å². The molecule has 1 aliphatic rings. The zero-order chi connectivity index (χ0) is 29.6. The van der Waals surface area contributed by atoms with Gasteiger partial charge >= 0.3 is 0 Å². The van der Waals surface area contributed by atoms with Crippen molar-refractivity contribution in [2.24, 2.45) is 0 Å². The second-order valence-electron chi connectivity index (χ2n) is 10.2. The van der Waals surface area contributed by atoms with Crippen LogP contribution in [0.15, 0.2) is 72.8 Å². The quantitative estimate of drug-likeness (QED) is 0.303. The summed E-state index contributed by atoms with van der Waals surface area (Å²) in [5, 5.41) is 3.15. The molecule has 41 heavy (non-hydrogen) atoms. The summed E-state index contributed by atoms with van der Waals surface area (Å²) in [6.07, 6.45) is 4.76. The molecule has 0 spiro atoms. The lowest BCUT2D eigenvalue weighted by atomic mass is 10.0. The first-order valence-corrected chi connectivity index (χ1v) is 15.9. The fourth-order valence-electron chi connectivity index (χ4n) is 5.01. The van der Waals surface area contributed by atoms with E-state index in [0.717, 1.165) is 41.8 Å². The molecule has 0 radical (unpaired) electrons. The number of amides is 2. The lowest BCUT2D eigenvalue weighted by molar-refractivity contribution is -0.140. The van der Waals surface area contributed by atoms with Gasteiger partial charge in [0.15, 0.2) is 0 Å². The summed E-state index contributed by atoms with van der Waals surface area (Å²) in [5.41, 5.74) is 1.01. The molecule has 2 amide bonds. The molecule has 1 aliphatic carbocycles. The predicted molar refractivity (Wildman–Crippen MR) is 160 cm³/mol. The van der Waals surface area contributed by atoms with Crippen LogP contribution in [0.5, 0.6) is 0 Å². The van der Waals surface area contributed by atoms with Crippen molar-refractivity contribution in [3.05, 3.63) is 99.8 Å². The molecule has 1 saturated carbocycles. The second kappa shape index (κ2) is 13.7. The van der Waals surface area contributed by atoms with Gasteiger partial charge in [-0.2, -0.15) is 0 Å². The van der Waals surface area contributed by atoms with E-state index in [1.807, 2.05) is 30.3 Å². The minimum atomic E-state index is -4.02. The van der Waals surface area contributed by atoms with E-state index in [2.05, 4.69) is 5.32 Å². The third kappa shape index (κ3) is 7.99. The Morgan fingerprint density at radius 1 is 0.976 bits per heavy atom. The van der Waals surface area contributed by atoms with Crippen molar-refractivity contribution in [3.63, 3.8) is 0 Å². The van der Waals surface area contributed by atoms with Gasteiger partial charge in [0.25, 0.3) is 0 Å². The van der Waals surface area contributed by atoms with Crippen LogP contribution in [0.4, 0.5) is 10.1 Å². The van der Waals surface area contributed by atoms with Gasteiger partial charge in [0.2, 0.25) is 21.8 Å². The summed E-state index contributed by atoms with van der Waals surface area (Å²) < 4.78 is 41.5. The van der Waals surface area contributed by atoms with E-state index in [-0.39, 0.29) is 46.2 Å². The largest absolute Gasteiger partial charge is 0.352 e. The number of sulfonamides is 1. The summed E-state index contributed by atoms with van der Waals surface area (Å²) in [5.74, 6) is -1.62. The first-order valence-electron chi connectivity index (χ1n) is 13.3. The topological polar surface area (TPSA) is 86.8 Å². The summed E-state index contributed by atoms with van der Waals surface area (Å²) in [7, 11) is -4.02. The van der Waals surface area contributed by atoms with E-state index in [1.54, 1.807) is 6.07 Å². The average Bonchev–Trinajstić information content (AvgIpc) is 3.45. The third-order valence-electron chi connectivity index (χ3n) is 7.15. The molecule has 4 rings (SSSR count). The molecular weight excluding hydrogens is 588 g/mol. The van der Waals surface area contributed by atoms with Crippen LogP contribution in [0.2, 0.25) is 10.0 Å². The Labute approximate surface area is 250 Å². The molecule has 1 fully saturated rings. The number of hydrogen-bond donors (Lipinski definition) is 1. The normalized spacial score (nSPS) is 14.4. The summed E-state index contributed by atoms with van der Waals surface area (Å²) in [4.78, 5) is 29.2. The van der Waals surface area contributed by atoms with Crippen molar-refractivity contribution in [2.45, 2.75) is 50.7 Å². The van der Waals surface area contributed by atoms with Crippen LogP contribution in [0.1, 0.15) is 36.8 Å². The zero-order valence-electron chi connectivity index (χ0n) is 22.6. The Balaban J connectivity index is 1.75. The maximum absolute atomic E-state index is 14.9. The molecule has 7 nitrogen and oxygen atoms in total. The molecule has 0 unspecified atom stereocenters. The monoisotopic (exact) mass is 619 g/mol. The molecule has 1 N–H and O–H groups in total. The van der Waals surface area contributed by atoms with Crippen molar-refractivity contribution < 1.29 is 22.4 Å². The van der Waals surface area contributed by atoms with Crippen LogP contribution < -0.4 is 9.62 Å². The standard InChI is InChI=1S/C30H32Cl2FN3O4S/c1-41(39,40)36(26-17-9-15-24(31)29(26)32)20-28(37)35(19-22-12-5-8-16-25(22)33)27(18-21-10-3-2-4-11-21)30(38)34-23-13-6-7-14-23/h2-5,8-12,15-17,23,27H,6-7,13-14,18-20H2,1H3,(H,34,38)/t27-/m0/s1. The van der Waals surface area contributed by atoms with Gasteiger partial charge in [-0.05, 0) is 36.6 Å². The van der Waals surface area contributed by atoms with Gasteiger partial charge in [0.05, 0.1) is 22.0 Å². The van der Waals surface area contributed by atoms with E-state index in [9.17, 15) is 22.4 Å². The highest BCUT2D eigenvalue weighted by Gasteiger charge is 2.35. The van der Waals surface area contributed by atoms with Gasteiger partial charge in [-0.15, -0.1) is 0 Å². The fourth-order valence-corrected chi connectivity index (χ4v) is 6.31. The Bertz CT molecular complexity index is 1480. The fraction of sp³-hybridized carbons (Fsp3) is 0.333. The van der Waals surface area contributed by atoms with Gasteiger partial charge in [0, 0.05) is 24.6 Å². The average molecular weight is 621 g/mol. The number of rotatable bonds is 11. The molecule has 0 aromatic heterocycles. The van der Waals surface area contributed by atoms with E-state index < -0.39 is 34.3 Å². The van der Waals surface area contributed by atoms with Crippen LogP contribution in [0.3, 0.4) is 0 Å². The maximum Gasteiger partial charge on any atom is 0.244 e. The molecular formula is C30H32Cl2FN3O4S. The van der Waals surface area contributed by atoms with Gasteiger partial charge in [-0.1, -0.05) is 90.6 Å². The molecule has 0 aliphatic heterocycles. The number of nitrogens with zero attached hydrogens (tertiary/aromatic N) is 2. The number of anilines is 1. The summed E-state index contributed by atoms with van der Waals surface area (Å²) in [6.45, 7) is -0.919. The number of benzene rings is 3. The third-order valence-corrected chi connectivity index (χ3v) is 9.09. The Kier molecular flexibility index (Phi) is 10.3. The van der Waals surface area contributed by atoms with Crippen molar-refractivity contribution >= 4 is 50.7 Å². The van der Waals surface area contributed by atoms with Crippen LogP contribution >= 0.6 is 23.2 Å². The van der Waals surface area contributed by atoms with Crippen LogP contribution in [-0.2, 0) is 32.6 Å². The number of halogens is 3. The molecule has 218 valence electrons. The number of carbonyl (C=O) groups excluding carboxylic acids is 2. The van der Waals surface area contributed by atoms with Crippen molar-refractivity contribution in [1.82, 2.24) is 10.2 Å². The molecule has 3 aromatic rings. The number of carbonyl (C=O) groups is 2. The minimum absolute atomic E-state index is 0.0240. The molecule has 0 bridgehead atoms. The highest BCUT2D eigenvalue weighted by molar-refractivity contribution is 7.92. The van der Waals surface area contributed by atoms with E-state index in [1.165, 1.54) is 41.3 Å². The van der Waals surface area contributed by atoms with Crippen molar-refractivity contribution in [2.75, 3.05) is 17.1 Å². The van der Waals surface area contributed by atoms with Gasteiger partial charge in [0.1, 0.15) is 18.4 Å². The highest BCUT2D eigenvalue weighted by atomic mass is 35.5. The van der Waals surface area contributed by atoms with E-state index in [0.29, 0.717) is 0 Å². The number of nitrogens with one attached hydrogen (secondary N) is 1. The molecule has 0 saturated heterocycles. The van der Waals surface area contributed by atoms with Gasteiger partial charge in [-0.3, -0.25) is 13.9 Å². The Hall–Kier alpha value is -3.14. The summed E-state index contributed by atoms with van der Waals surface area (Å²) in [6, 6.07) is 18.6. The molecule has 11 heteroatoms. The SMILES string of the molecule is CS(=O)(=O)N(CC(=O)N(Cc1ccccc1F)[C@@H](Cc1ccccc1)C(=O)NC1CCCC1)c1cccc(Cl)c1Cl. The lowest BCUT2D eigenvalue weighted by Crippen LogP contribution is -2.54. The van der Waals surface area contributed by atoms with Gasteiger partial charge < -0.3 is 10.2 Å². The molecule has 3 aromatic carbocycles. The zero-order valence-corrected chi connectivity index (χ0v) is 24.9. The minimum Gasteiger partial charge on any atom is -0.352 e. The van der Waals surface area contributed by atoms with Crippen molar-refractivity contribution in [1.29, 1.82) is 0 Å². The van der Waals surface area contributed by atoms with Crippen molar-refractivity contribution in [3.8, 4) is 0 Å². The highest BCUT2D eigenvalue weighted by Crippen LogP contribution is 2.34. The smallest absolute Gasteiger partial charge is 0.244 e.